The van der Waals surface area contributed by atoms with Gasteiger partial charge in [0.2, 0.25) is 0 Å². The summed E-state index contributed by atoms with van der Waals surface area (Å²) in [4.78, 5) is 24.4. The summed E-state index contributed by atoms with van der Waals surface area (Å²) < 4.78 is 0.616. The number of hydrogen-bond donors (Lipinski definition) is 3. The molecule has 7 heteroatoms. The number of urea groups is 1. The van der Waals surface area contributed by atoms with E-state index in [1.54, 1.807) is 13.0 Å². The topological polar surface area (TPSA) is 89.9 Å². The average Bonchev–Trinajstić information content (AvgIpc) is 2.37. The molecule has 1 rings (SSSR count). The third kappa shape index (κ3) is 4.22. The maximum atomic E-state index is 11.9. The Morgan fingerprint density at radius 1 is 1.42 bits per heavy atom. The van der Waals surface area contributed by atoms with Crippen molar-refractivity contribution >= 4 is 33.6 Å². The summed E-state index contributed by atoms with van der Waals surface area (Å²) in [6.07, 6.45) is 0. The standard InChI is InChI=1S/C12H15BrN2O4/c1-2-15(5-6-16)12(19)14-10-4-3-8(13)7-9(10)11(17)18/h3-4,7,16H,2,5-6H2,1H3,(H,14,19)(H,17,18). The van der Waals surface area contributed by atoms with Gasteiger partial charge in [0, 0.05) is 17.6 Å². The monoisotopic (exact) mass is 330 g/mol. The van der Waals surface area contributed by atoms with Crippen LogP contribution in [0.4, 0.5) is 10.5 Å². The highest BCUT2D eigenvalue weighted by Gasteiger charge is 2.16. The molecule has 0 fully saturated rings. The fraction of sp³-hybridized carbons (Fsp3) is 0.333. The van der Waals surface area contributed by atoms with Crippen molar-refractivity contribution in [1.29, 1.82) is 0 Å². The summed E-state index contributed by atoms with van der Waals surface area (Å²) in [5, 5.41) is 20.4. The molecule has 0 aliphatic rings. The predicted molar refractivity (Wildman–Crippen MR) is 74.5 cm³/mol. The molecule has 0 aliphatic carbocycles. The number of amides is 2. The minimum absolute atomic E-state index is 0.00257. The van der Waals surface area contributed by atoms with Crippen molar-refractivity contribution in [3.63, 3.8) is 0 Å². The Hall–Kier alpha value is -1.60. The molecule has 0 heterocycles. The minimum Gasteiger partial charge on any atom is -0.478 e. The summed E-state index contributed by atoms with van der Waals surface area (Å²) >= 11 is 3.18. The normalized spacial score (nSPS) is 10.1. The summed E-state index contributed by atoms with van der Waals surface area (Å²) in [6.45, 7) is 2.24. The lowest BCUT2D eigenvalue weighted by Gasteiger charge is -2.20. The smallest absolute Gasteiger partial charge is 0.337 e. The van der Waals surface area contributed by atoms with E-state index in [1.807, 2.05) is 0 Å². The summed E-state index contributed by atoms with van der Waals surface area (Å²) in [7, 11) is 0. The number of halogens is 1. The number of aliphatic hydroxyl groups excluding tert-OH is 1. The number of aliphatic hydroxyl groups is 1. The quantitative estimate of drug-likeness (QED) is 0.770. The number of anilines is 1. The van der Waals surface area contributed by atoms with Crippen molar-refractivity contribution in [2.24, 2.45) is 0 Å². The van der Waals surface area contributed by atoms with Crippen LogP contribution in [0.5, 0.6) is 0 Å². The molecular formula is C12H15BrN2O4. The SMILES string of the molecule is CCN(CCO)C(=O)Nc1ccc(Br)cc1C(=O)O. The first-order valence-corrected chi connectivity index (χ1v) is 6.48. The van der Waals surface area contributed by atoms with Gasteiger partial charge in [-0.2, -0.15) is 0 Å². The second kappa shape index (κ2) is 7.10. The zero-order valence-electron chi connectivity index (χ0n) is 10.4. The van der Waals surface area contributed by atoms with E-state index in [4.69, 9.17) is 10.2 Å². The second-order valence-corrected chi connectivity index (χ2v) is 4.64. The Kier molecular flexibility index (Phi) is 5.78. The second-order valence-electron chi connectivity index (χ2n) is 3.73. The van der Waals surface area contributed by atoms with Gasteiger partial charge in [-0.25, -0.2) is 9.59 Å². The van der Waals surface area contributed by atoms with Gasteiger partial charge in [-0.05, 0) is 25.1 Å². The molecule has 6 nitrogen and oxygen atoms in total. The van der Waals surface area contributed by atoms with Crippen LogP contribution in [0.3, 0.4) is 0 Å². The zero-order valence-corrected chi connectivity index (χ0v) is 12.0. The van der Waals surface area contributed by atoms with E-state index >= 15 is 0 Å². The van der Waals surface area contributed by atoms with Crippen LogP contribution >= 0.6 is 15.9 Å². The molecule has 1 aromatic rings. The molecule has 0 bridgehead atoms. The molecule has 0 atom stereocenters. The van der Waals surface area contributed by atoms with Crippen molar-refractivity contribution in [3.05, 3.63) is 28.2 Å². The minimum atomic E-state index is -1.12. The summed E-state index contributed by atoms with van der Waals surface area (Å²) in [6, 6.07) is 4.13. The largest absolute Gasteiger partial charge is 0.478 e. The third-order valence-corrected chi connectivity index (χ3v) is 2.99. The van der Waals surface area contributed by atoms with E-state index < -0.39 is 12.0 Å². The number of carbonyl (C=O) groups excluding carboxylic acids is 1. The Bertz CT molecular complexity index is 479. The van der Waals surface area contributed by atoms with Crippen LogP contribution in [0.25, 0.3) is 0 Å². The van der Waals surface area contributed by atoms with Gasteiger partial charge in [-0.3, -0.25) is 0 Å². The van der Waals surface area contributed by atoms with Crippen LogP contribution < -0.4 is 5.32 Å². The van der Waals surface area contributed by atoms with Crippen LogP contribution in [0, 0.1) is 0 Å². The maximum absolute atomic E-state index is 11.9. The number of nitrogens with zero attached hydrogens (tertiary/aromatic N) is 1. The van der Waals surface area contributed by atoms with E-state index in [0.29, 0.717) is 11.0 Å². The van der Waals surface area contributed by atoms with E-state index in [-0.39, 0.29) is 24.4 Å². The Morgan fingerprint density at radius 2 is 2.11 bits per heavy atom. The third-order valence-electron chi connectivity index (χ3n) is 2.49. The summed E-state index contributed by atoms with van der Waals surface area (Å²) in [5.41, 5.74) is 0.222. The van der Waals surface area contributed by atoms with Gasteiger partial charge in [0.1, 0.15) is 0 Å². The molecule has 1 aromatic carbocycles. The number of likely N-dealkylation sites (N-methyl/N-ethyl adjacent to an activating group) is 1. The molecule has 104 valence electrons. The van der Waals surface area contributed by atoms with Crippen LogP contribution in [-0.2, 0) is 0 Å². The fourth-order valence-corrected chi connectivity index (χ4v) is 1.88. The zero-order chi connectivity index (χ0) is 14.4. The molecule has 2 amide bonds. The fourth-order valence-electron chi connectivity index (χ4n) is 1.52. The molecule has 0 saturated carbocycles. The van der Waals surface area contributed by atoms with Crippen LogP contribution in [0.2, 0.25) is 0 Å². The molecule has 0 saturated heterocycles. The van der Waals surface area contributed by atoms with Crippen molar-refractivity contribution in [3.8, 4) is 0 Å². The first-order valence-electron chi connectivity index (χ1n) is 5.69. The van der Waals surface area contributed by atoms with Crippen molar-refractivity contribution < 1.29 is 19.8 Å². The van der Waals surface area contributed by atoms with Gasteiger partial charge in [-0.15, -0.1) is 0 Å². The number of rotatable bonds is 5. The number of carboxylic acids is 1. The van der Waals surface area contributed by atoms with E-state index in [2.05, 4.69) is 21.2 Å². The highest BCUT2D eigenvalue weighted by atomic mass is 79.9. The molecule has 3 N–H and O–H groups in total. The first-order chi connectivity index (χ1) is 8.99. The van der Waals surface area contributed by atoms with Crippen molar-refractivity contribution in [2.45, 2.75) is 6.92 Å². The molecule has 19 heavy (non-hydrogen) atoms. The Balaban J connectivity index is 2.92. The molecular weight excluding hydrogens is 316 g/mol. The number of aromatic carboxylic acids is 1. The van der Waals surface area contributed by atoms with Gasteiger partial charge < -0.3 is 20.4 Å². The van der Waals surface area contributed by atoms with Crippen LogP contribution in [-0.4, -0.2) is 46.8 Å². The van der Waals surface area contributed by atoms with Gasteiger partial charge in [0.05, 0.1) is 17.9 Å². The maximum Gasteiger partial charge on any atom is 0.337 e. The van der Waals surface area contributed by atoms with Gasteiger partial charge in [0.15, 0.2) is 0 Å². The number of carboxylic acid groups (broad SMARTS) is 1. The highest BCUT2D eigenvalue weighted by molar-refractivity contribution is 9.10. The molecule has 0 aliphatic heterocycles. The van der Waals surface area contributed by atoms with E-state index in [0.717, 1.165) is 0 Å². The van der Waals surface area contributed by atoms with Crippen molar-refractivity contribution in [2.75, 3.05) is 25.0 Å². The number of hydrogen-bond acceptors (Lipinski definition) is 3. The molecule has 0 unspecified atom stereocenters. The lowest BCUT2D eigenvalue weighted by atomic mass is 10.2. The van der Waals surface area contributed by atoms with Gasteiger partial charge in [0.25, 0.3) is 0 Å². The molecule has 0 aromatic heterocycles. The Labute approximate surface area is 119 Å². The van der Waals surface area contributed by atoms with E-state index in [9.17, 15) is 9.59 Å². The van der Waals surface area contributed by atoms with Gasteiger partial charge >= 0.3 is 12.0 Å². The Morgan fingerprint density at radius 3 is 2.63 bits per heavy atom. The first kappa shape index (κ1) is 15.5. The van der Waals surface area contributed by atoms with Crippen LogP contribution in [0.15, 0.2) is 22.7 Å². The highest BCUT2D eigenvalue weighted by Crippen LogP contribution is 2.21. The lowest BCUT2D eigenvalue weighted by Crippen LogP contribution is -2.37. The lowest BCUT2D eigenvalue weighted by molar-refractivity contribution is 0.0698. The number of nitrogens with one attached hydrogen (secondary N) is 1. The number of carbonyl (C=O) groups is 2. The predicted octanol–water partition coefficient (Wildman–Crippen LogP) is 1.99. The molecule has 0 spiro atoms. The number of benzene rings is 1. The summed E-state index contributed by atoms with van der Waals surface area (Å²) in [5.74, 6) is -1.12. The molecule has 0 radical (unpaired) electrons. The van der Waals surface area contributed by atoms with Crippen LogP contribution in [0.1, 0.15) is 17.3 Å². The van der Waals surface area contributed by atoms with Crippen molar-refractivity contribution in [1.82, 2.24) is 4.90 Å². The van der Waals surface area contributed by atoms with E-state index in [1.165, 1.54) is 17.0 Å². The average molecular weight is 331 g/mol. The van der Waals surface area contributed by atoms with Gasteiger partial charge in [-0.1, -0.05) is 15.9 Å².